The van der Waals surface area contributed by atoms with Crippen molar-refractivity contribution in [3.8, 4) is 12.3 Å². The number of hydrogen-bond donors (Lipinski definition) is 2. The van der Waals surface area contributed by atoms with E-state index in [0.717, 1.165) is 12.8 Å². The fraction of sp³-hybridized carbons (Fsp3) is 0.692. The number of amides is 2. The second-order valence-corrected chi connectivity index (χ2v) is 4.93. The molecule has 1 unspecified atom stereocenters. The first-order chi connectivity index (χ1) is 8.49. The molecular weight excluding hydrogens is 232 g/mol. The number of unbranched alkanes of at least 4 members (excludes halogenated alkanes) is 1. The Labute approximate surface area is 108 Å². The van der Waals surface area contributed by atoms with Crippen molar-refractivity contribution >= 4 is 12.0 Å². The first kappa shape index (κ1) is 14.4. The number of carbonyl (C=O) groups excluding carboxylic acids is 1. The lowest BCUT2D eigenvalue weighted by Gasteiger charge is -2.37. The molecule has 0 aromatic heterocycles. The maximum Gasteiger partial charge on any atom is 0.317 e. The van der Waals surface area contributed by atoms with E-state index in [4.69, 9.17) is 11.5 Å². The van der Waals surface area contributed by atoms with Gasteiger partial charge in [-0.15, -0.1) is 12.3 Å². The third-order valence-corrected chi connectivity index (χ3v) is 3.27. The fourth-order valence-electron chi connectivity index (χ4n) is 2.08. The lowest BCUT2D eigenvalue weighted by atomic mass is 9.82. The molecule has 100 valence electrons. The molecule has 0 saturated carbocycles. The molecule has 1 rings (SSSR count). The van der Waals surface area contributed by atoms with E-state index in [0.29, 0.717) is 25.9 Å². The molecule has 0 aliphatic carbocycles. The van der Waals surface area contributed by atoms with Gasteiger partial charge in [0, 0.05) is 26.1 Å². The van der Waals surface area contributed by atoms with Gasteiger partial charge in [-0.1, -0.05) is 0 Å². The molecule has 0 bridgehead atoms. The number of urea groups is 1. The van der Waals surface area contributed by atoms with E-state index in [1.165, 1.54) is 0 Å². The van der Waals surface area contributed by atoms with Gasteiger partial charge in [-0.3, -0.25) is 4.79 Å². The Balaban J connectivity index is 2.44. The van der Waals surface area contributed by atoms with Gasteiger partial charge in [0.25, 0.3) is 0 Å². The Morgan fingerprint density at radius 2 is 2.28 bits per heavy atom. The summed E-state index contributed by atoms with van der Waals surface area (Å²) >= 11 is 0. The van der Waals surface area contributed by atoms with Crippen molar-refractivity contribution in [2.45, 2.75) is 32.6 Å². The van der Waals surface area contributed by atoms with Crippen molar-refractivity contribution in [1.29, 1.82) is 0 Å². The molecule has 0 aromatic rings. The van der Waals surface area contributed by atoms with Crippen LogP contribution in [0.25, 0.3) is 0 Å². The number of carbonyl (C=O) groups is 2. The highest BCUT2D eigenvalue weighted by molar-refractivity contribution is 5.78. The van der Waals surface area contributed by atoms with E-state index in [1.54, 1.807) is 11.8 Å². The van der Waals surface area contributed by atoms with Gasteiger partial charge in [-0.25, -0.2) is 4.79 Å². The van der Waals surface area contributed by atoms with Gasteiger partial charge in [-0.2, -0.15) is 0 Å². The summed E-state index contributed by atoms with van der Waals surface area (Å²) in [5, 5.41) is 11.9. The monoisotopic (exact) mass is 252 g/mol. The molecule has 5 heteroatoms. The minimum Gasteiger partial charge on any atom is -0.481 e. The van der Waals surface area contributed by atoms with Crippen molar-refractivity contribution in [3.05, 3.63) is 0 Å². The van der Waals surface area contributed by atoms with E-state index in [9.17, 15) is 9.59 Å². The highest BCUT2D eigenvalue weighted by Crippen LogP contribution is 2.29. The number of carboxylic acid groups (broad SMARTS) is 1. The van der Waals surface area contributed by atoms with Gasteiger partial charge in [-0.05, 0) is 26.2 Å². The Kier molecular flexibility index (Phi) is 5.02. The summed E-state index contributed by atoms with van der Waals surface area (Å²) in [6.07, 6.45) is 7.83. The van der Waals surface area contributed by atoms with Crippen LogP contribution in [0, 0.1) is 17.8 Å². The molecule has 5 nitrogen and oxygen atoms in total. The van der Waals surface area contributed by atoms with Crippen LogP contribution in [-0.4, -0.2) is 41.6 Å². The number of rotatable bonds is 4. The van der Waals surface area contributed by atoms with E-state index >= 15 is 0 Å². The number of carboxylic acids is 1. The molecule has 1 aliphatic heterocycles. The van der Waals surface area contributed by atoms with Crippen molar-refractivity contribution in [1.82, 2.24) is 10.2 Å². The number of hydrogen-bond acceptors (Lipinski definition) is 2. The number of aliphatic carboxylic acids is 1. The summed E-state index contributed by atoms with van der Waals surface area (Å²) in [5.74, 6) is 1.67. The maximum absolute atomic E-state index is 11.8. The number of terminal acetylenes is 1. The average molecular weight is 252 g/mol. The molecule has 1 atom stereocenters. The smallest absolute Gasteiger partial charge is 0.317 e. The Morgan fingerprint density at radius 1 is 1.56 bits per heavy atom. The number of piperidine rings is 1. The van der Waals surface area contributed by atoms with Gasteiger partial charge in [0.2, 0.25) is 0 Å². The molecule has 2 amide bonds. The zero-order valence-electron chi connectivity index (χ0n) is 10.7. The first-order valence-corrected chi connectivity index (χ1v) is 6.19. The minimum absolute atomic E-state index is 0.195. The molecule has 18 heavy (non-hydrogen) atoms. The molecule has 1 saturated heterocycles. The normalized spacial score (nSPS) is 23.2. The fourth-order valence-corrected chi connectivity index (χ4v) is 2.08. The van der Waals surface area contributed by atoms with Crippen molar-refractivity contribution in [3.63, 3.8) is 0 Å². The number of nitrogens with one attached hydrogen (secondary N) is 1. The van der Waals surface area contributed by atoms with Gasteiger partial charge < -0.3 is 15.3 Å². The summed E-state index contributed by atoms with van der Waals surface area (Å²) in [5.41, 5.74) is -0.825. The van der Waals surface area contributed by atoms with E-state index in [1.807, 2.05) is 0 Å². The molecular formula is C13H20N2O3. The second kappa shape index (κ2) is 6.29. The topological polar surface area (TPSA) is 69.6 Å². The Hall–Kier alpha value is -1.70. The van der Waals surface area contributed by atoms with E-state index < -0.39 is 11.4 Å². The van der Waals surface area contributed by atoms with Crippen LogP contribution >= 0.6 is 0 Å². The van der Waals surface area contributed by atoms with Crippen molar-refractivity contribution in [2.24, 2.45) is 5.41 Å². The van der Waals surface area contributed by atoms with Crippen LogP contribution in [0.5, 0.6) is 0 Å². The zero-order valence-corrected chi connectivity index (χ0v) is 10.7. The third-order valence-electron chi connectivity index (χ3n) is 3.27. The maximum atomic E-state index is 11.8. The van der Waals surface area contributed by atoms with Crippen LogP contribution in [0.2, 0.25) is 0 Å². The first-order valence-electron chi connectivity index (χ1n) is 6.19. The van der Waals surface area contributed by atoms with Gasteiger partial charge in [0.1, 0.15) is 0 Å². The molecule has 0 radical (unpaired) electrons. The Bertz CT molecular complexity index is 362. The highest BCUT2D eigenvalue weighted by Gasteiger charge is 2.39. The van der Waals surface area contributed by atoms with Gasteiger partial charge >= 0.3 is 12.0 Å². The highest BCUT2D eigenvalue weighted by atomic mass is 16.4. The van der Waals surface area contributed by atoms with E-state index in [2.05, 4.69) is 11.2 Å². The van der Waals surface area contributed by atoms with Crippen LogP contribution in [-0.2, 0) is 4.79 Å². The standard InChI is InChI=1S/C13H20N2O3/c1-3-4-5-8-14-12(18)15-9-6-7-13(2,10-15)11(16)17/h1H,4-10H2,2H3,(H,14,18)(H,16,17). The largest absolute Gasteiger partial charge is 0.481 e. The second-order valence-electron chi connectivity index (χ2n) is 4.93. The summed E-state index contributed by atoms with van der Waals surface area (Å²) in [6.45, 7) is 3.10. The summed E-state index contributed by atoms with van der Waals surface area (Å²) in [6, 6.07) is -0.195. The summed E-state index contributed by atoms with van der Waals surface area (Å²) in [4.78, 5) is 24.6. The lowest BCUT2D eigenvalue weighted by molar-refractivity contribution is -0.150. The Morgan fingerprint density at radius 3 is 2.89 bits per heavy atom. The minimum atomic E-state index is -0.840. The summed E-state index contributed by atoms with van der Waals surface area (Å²) in [7, 11) is 0. The number of nitrogens with zero attached hydrogens (tertiary/aromatic N) is 1. The van der Waals surface area contributed by atoms with Crippen LogP contribution in [0.4, 0.5) is 4.79 Å². The lowest BCUT2D eigenvalue weighted by Crippen LogP contribution is -2.51. The van der Waals surface area contributed by atoms with Crippen LogP contribution in [0.15, 0.2) is 0 Å². The molecule has 1 heterocycles. The van der Waals surface area contributed by atoms with Crippen molar-refractivity contribution in [2.75, 3.05) is 19.6 Å². The molecule has 1 fully saturated rings. The molecule has 1 aliphatic rings. The quantitative estimate of drug-likeness (QED) is 0.585. The predicted molar refractivity (Wildman–Crippen MR) is 68.0 cm³/mol. The molecule has 0 spiro atoms. The summed E-state index contributed by atoms with van der Waals surface area (Å²) < 4.78 is 0. The average Bonchev–Trinajstić information content (AvgIpc) is 2.34. The van der Waals surface area contributed by atoms with Gasteiger partial charge in [0.05, 0.1) is 5.41 Å². The SMILES string of the molecule is C#CCCCNC(=O)N1CCCC(C)(C(=O)O)C1. The van der Waals surface area contributed by atoms with E-state index in [-0.39, 0.29) is 12.6 Å². The zero-order chi connectivity index (χ0) is 13.6. The van der Waals surface area contributed by atoms with Crippen LogP contribution in [0.3, 0.4) is 0 Å². The van der Waals surface area contributed by atoms with Crippen LogP contribution < -0.4 is 5.32 Å². The number of likely N-dealkylation sites (tertiary alicyclic amines) is 1. The molecule has 2 N–H and O–H groups in total. The molecule has 0 aromatic carbocycles. The van der Waals surface area contributed by atoms with Gasteiger partial charge in [0.15, 0.2) is 0 Å². The van der Waals surface area contributed by atoms with Crippen molar-refractivity contribution < 1.29 is 14.7 Å². The van der Waals surface area contributed by atoms with Crippen LogP contribution in [0.1, 0.15) is 32.6 Å². The third kappa shape index (κ3) is 3.66. The predicted octanol–water partition coefficient (Wildman–Crippen LogP) is 1.30.